The van der Waals surface area contributed by atoms with E-state index in [9.17, 15) is 0 Å². The zero-order valence-corrected chi connectivity index (χ0v) is 13.8. The lowest BCUT2D eigenvalue weighted by Gasteiger charge is -2.14. The molecular weight excluding hydrogens is 292 g/mol. The van der Waals surface area contributed by atoms with Crippen molar-refractivity contribution in [3.05, 3.63) is 35.9 Å². The molecule has 3 aromatic heterocycles. The Morgan fingerprint density at radius 3 is 2.65 bits per heavy atom. The van der Waals surface area contributed by atoms with Gasteiger partial charge in [0.1, 0.15) is 5.69 Å². The zero-order chi connectivity index (χ0) is 16.4. The monoisotopic (exact) mass is 312 g/mol. The van der Waals surface area contributed by atoms with E-state index in [1.54, 1.807) is 14.2 Å². The van der Waals surface area contributed by atoms with Crippen LogP contribution in [0.3, 0.4) is 0 Å². The molecule has 0 aliphatic carbocycles. The van der Waals surface area contributed by atoms with Crippen molar-refractivity contribution >= 4 is 11.0 Å². The lowest BCUT2D eigenvalue weighted by molar-refractivity contribution is 0.178. The molecule has 3 heterocycles. The number of aryl methyl sites for hydroxylation is 2. The van der Waals surface area contributed by atoms with E-state index in [1.807, 2.05) is 37.1 Å². The van der Waals surface area contributed by atoms with Crippen LogP contribution in [0.5, 0.6) is 5.75 Å². The normalized spacial score (nSPS) is 11.1. The highest BCUT2D eigenvalue weighted by Crippen LogP contribution is 2.38. The molecule has 0 aromatic carbocycles. The van der Waals surface area contributed by atoms with Gasteiger partial charge < -0.3 is 9.47 Å². The van der Waals surface area contributed by atoms with Crippen molar-refractivity contribution < 1.29 is 9.47 Å². The second-order valence-corrected chi connectivity index (χ2v) is 5.35. The van der Waals surface area contributed by atoms with Crippen molar-refractivity contribution in [3.8, 4) is 16.9 Å². The van der Waals surface area contributed by atoms with Crippen LogP contribution in [-0.4, -0.2) is 34.0 Å². The Kier molecular flexibility index (Phi) is 4.25. The summed E-state index contributed by atoms with van der Waals surface area (Å²) in [6, 6.07) is 2.09. The summed E-state index contributed by atoms with van der Waals surface area (Å²) in [6.45, 7) is 5.19. The van der Waals surface area contributed by atoms with Crippen LogP contribution in [-0.2, 0) is 17.9 Å². The van der Waals surface area contributed by atoms with Gasteiger partial charge in [-0.15, -0.1) is 0 Å². The lowest BCUT2D eigenvalue weighted by Crippen LogP contribution is -2.04. The van der Waals surface area contributed by atoms with Crippen molar-refractivity contribution in [1.82, 2.24) is 19.7 Å². The third-order valence-corrected chi connectivity index (χ3v) is 3.76. The van der Waals surface area contributed by atoms with Gasteiger partial charge in [-0.2, -0.15) is 5.10 Å². The van der Waals surface area contributed by atoms with Gasteiger partial charge in [-0.1, -0.05) is 0 Å². The summed E-state index contributed by atoms with van der Waals surface area (Å²) >= 11 is 0. The first-order valence-corrected chi connectivity index (χ1v) is 7.52. The quantitative estimate of drug-likeness (QED) is 0.725. The number of pyridine rings is 2. The minimum Gasteiger partial charge on any atom is -0.494 e. The van der Waals surface area contributed by atoms with E-state index in [0.717, 1.165) is 40.0 Å². The predicted molar refractivity (Wildman–Crippen MR) is 88.4 cm³/mol. The van der Waals surface area contributed by atoms with Gasteiger partial charge in [0.15, 0.2) is 11.4 Å². The molecule has 0 bridgehead atoms. The minimum atomic E-state index is 0.375. The second-order valence-electron chi connectivity index (χ2n) is 5.35. The van der Waals surface area contributed by atoms with Crippen molar-refractivity contribution in [3.63, 3.8) is 0 Å². The van der Waals surface area contributed by atoms with Crippen LogP contribution in [0, 0.1) is 6.92 Å². The minimum absolute atomic E-state index is 0.375. The number of nitrogens with zero attached hydrogens (tertiary/aromatic N) is 4. The molecule has 0 radical (unpaired) electrons. The standard InChI is InChI=1S/C17H20N4O2/c1-5-21-17-13(9-19-21)15(12-6-11(2)7-18-8-12)16(23-4)14(20-17)10-22-3/h6-9H,5,10H2,1-4H3. The molecule has 0 aliphatic heterocycles. The smallest absolute Gasteiger partial charge is 0.159 e. The first kappa shape index (κ1) is 15.4. The van der Waals surface area contributed by atoms with Crippen LogP contribution < -0.4 is 4.74 Å². The Balaban J connectivity index is 2.38. The fraction of sp³-hybridized carbons (Fsp3) is 0.353. The molecule has 0 unspecified atom stereocenters. The van der Waals surface area contributed by atoms with Crippen molar-refractivity contribution in [2.75, 3.05) is 14.2 Å². The summed E-state index contributed by atoms with van der Waals surface area (Å²) in [7, 11) is 3.30. The fourth-order valence-corrected chi connectivity index (χ4v) is 2.78. The molecule has 0 saturated heterocycles. The molecule has 0 fully saturated rings. The van der Waals surface area contributed by atoms with Crippen LogP contribution in [0.4, 0.5) is 0 Å². The van der Waals surface area contributed by atoms with E-state index in [2.05, 4.69) is 16.1 Å². The second kappa shape index (κ2) is 6.34. The lowest BCUT2D eigenvalue weighted by atomic mass is 10.0. The van der Waals surface area contributed by atoms with Gasteiger partial charge in [0, 0.05) is 37.2 Å². The number of ether oxygens (including phenoxy) is 2. The molecule has 0 aliphatic rings. The van der Waals surface area contributed by atoms with Crippen molar-refractivity contribution in [2.45, 2.75) is 27.0 Å². The number of hydrogen-bond acceptors (Lipinski definition) is 5. The maximum atomic E-state index is 5.67. The summed E-state index contributed by atoms with van der Waals surface area (Å²) in [5, 5.41) is 5.39. The van der Waals surface area contributed by atoms with Gasteiger partial charge in [0.05, 0.1) is 25.3 Å². The van der Waals surface area contributed by atoms with Crippen LogP contribution in [0.2, 0.25) is 0 Å². The van der Waals surface area contributed by atoms with Gasteiger partial charge >= 0.3 is 0 Å². The van der Waals surface area contributed by atoms with Crippen LogP contribution in [0.1, 0.15) is 18.2 Å². The highest BCUT2D eigenvalue weighted by Gasteiger charge is 2.20. The summed E-state index contributed by atoms with van der Waals surface area (Å²) in [6.07, 6.45) is 5.51. The first-order chi connectivity index (χ1) is 11.2. The van der Waals surface area contributed by atoms with E-state index >= 15 is 0 Å². The molecule has 0 spiro atoms. The van der Waals surface area contributed by atoms with Crippen molar-refractivity contribution in [2.24, 2.45) is 0 Å². The Bertz CT molecular complexity index is 842. The van der Waals surface area contributed by atoms with Gasteiger partial charge in [0.25, 0.3) is 0 Å². The number of rotatable bonds is 5. The highest BCUT2D eigenvalue weighted by atomic mass is 16.5. The van der Waals surface area contributed by atoms with Crippen LogP contribution in [0.15, 0.2) is 24.7 Å². The number of hydrogen-bond donors (Lipinski definition) is 0. The molecule has 0 amide bonds. The Hall–Kier alpha value is -2.47. The maximum absolute atomic E-state index is 5.67. The summed E-state index contributed by atoms with van der Waals surface area (Å²) < 4.78 is 12.8. The average molecular weight is 312 g/mol. The summed E-state index contributed by atoms with van der Waals surface area (Å²) in [5.41, 5.74) is 4.62. The third-order valence-electron chi connectivity index (χ3n) is 3.76. The molecule has 0 atom stereocenters. The van der Waals surface area contributed by atoms with Gasteiger partial charge in [-0.25, -0.2) is 9.67 Å². The Morgan fingerprint density at radius 1 is 1.17 bits per heavy atom. The third kappa shape index (κ3) is 2.66. The Labute approximate surface area is 135 Å². The van der Waals surface area contributed by atoms with E-state index in [-0.39, 0.29) is 0 Å². The van der Waals surface area contributed by atoms with E-state index in [0.29, 0.717) is 12.4 Å². The summed E-state index contributed by atoms with van der Waals surface area (Å²) in [5.74, 6) is 0.711. The number of methoxy groups -OCH3 is 2. The molecule has 3 rings (SSSR count). The fourth-order valence-electron chi connectivity index (χ4n) is 2.78. The highest BCUT2D eigenvalue weighted by molar-refractivity contribution is 5.96. The SMILES string of the molecule is CCn1ncc2c(-c3cncc(C)c3)c(OC)c(COC)nc21. The summed E-state index contributed by atoms with van der Waals surface area (Å²) in [4.78, 5) is 9.02. The van der Waals surface area contributed by atoms with E-state index in [1.165, 1.54) is 0 Å². The predicted octanol–water partition coefficient (Wildman–Crippen LogP) is 2.98. The number of fused-ring (bicyclic) bond motifs is 1. The zero-order valence-electron chi connectivity index (χ0n) is 13.8. The van der Waals surface area contributed by atoms with Crippen molar-refractivity contribution in [1.29, 1.82) is 0 Å². The molecule has 0 saturated carbocycles. The largest absolute Gasteiger partial charge is 0.494 e. The molecule has 6 heteroatoms. The number of aromatic nitrogens is 4. The maximum Gasteiger partial charge on any atom is 0.159 e. The Morgan fingerprint density at radius 2 is 2.00 bits per heavy atom. The first-order valence-electron chi connectivity index (χ1n) is 7.52. The van der Waals surface area contributed by atoms with E-state index in [4.69, 9.17) is 14.5 Å². The molecular formula is C17H20N4O2. The van der Waals surface area contributed by atoms with Gasteiger partial charge in [-0.05, 0) is 25.5 Å². The topological polar surface area (TPSA) is 62.1 Å². The van der Waals surface area contributed by atoms with Gasteiger partial charge in [-0.3, -0.25) is 4.98 Å². The molecule has 3 aromatic rings. The molecule has 120 valence electrons. The molecule has 6 nitrogen and oxygen atoms in total. The van der Waals surface area contributed by atoms with E-state index < -0.39 is 0 Å². The van der Waals surface area contributed by atoms with Gasteiger partial charge in [0.2, 0.25) is 0 Å². The molecule has 23 heavy (non-hydrogen) atoms. The average Bonchev–Trinajstić information content (AvgIpc) is 2.96. The van der Waals surface area contributed by atoms with Crippen LogP contribution >= 0.6 is 0 Å². The van der Waals surface area contributed by atoms with Crippen LogP contribution in [0.25, 0.3) is 22.2 Å². The molecule has 0 N–H and O–H groups in total.